The number of nitrogens with one attached hydrogen (secondary N) is 3. The molecule has 9 heteroatoms. The van der Waals surface area contributed by atoms with Crippen LogP contribution in [0.5, 0.6) is 0 Å². The number of H-pyrrole nitrogens is 1. The standard InChI is InChI=1S/C25H27N5O3S/c1-14-10-21(31)33-20-12-16(5-6-17(14)20)29-23-22-18-11-15(25(32)26-8-3-9-34-2)4-7-19(18)30-24(22)28-13-27-23/h5-6,10,12-13,15H,3-4,7-9,11H2,1-2H3,(H,26,32)(H2,27,28,29,30). The Morgan fingerprint density at radius 1 is 1.29 bits per heavy atom. The van der Waals surface area contributed by atoms with E-state index in [0.29, 0.717) is 24.4 Å². The number of carbonyl (C=O) groups is 1. The summed E-state index contributed by atoms with van der Waals surface area (Å²) in [6, 6.07) is 7.16. The molecule has 176 valence electrons. The van der Waals surface area contributed by atoms with Crippen molar-refractivity contribution in [3.63, 3.8) is 0 Å². The number of nitrogens with zero attached hydrogens (tertiary/aromatic N) is 2. The molecule has 4 aromatic rings. The fourth-order valence-corrected chi connectivity index (χ4v) is 5.10. The lowest BCUT2D eigenvalue weighted by Crippen LogP contribution is -2.34. The van der Waals surface area contributed by atoms with Gasteiger partial charge in [-0.2, -0.15) is 11.8 Å². The third-order valence-electron chi connectivity index (χ3n) is 6.39. The Morgan fingerprint density at radius 3 is 3.03 bits per heavy atom. The van der Waals surface area contributed by atoms with E-state index >= 15 is 0 Å². The molecule has 1 aliphatic carbocycles. The SMILES string of the molecule is CSCCCNC(=O)C1CCc2[nH]c3ncnc(Nc4ccc5c(C)cc(=O)oc5c4)c3c2C1. The molecule has 3 heterocycles. The number of hydrogen-bond donors (Lipinski definition) is 3. The molecular weight excluding hydrogens is 450 g/mol. The maximum absolute atomic E-state index is 12.8. The van der Waals surface area contributed by atoms with Crippen molar-refractivity contribution >= 4 is 51.2 Å². The monoisotopic (exact) mass is 477 g/mol. The third kappa shape index (κ3) is 4.40. The van der Waals surface area contributed by atoms with E-state index < -0.39 is 0 Å². The summed E-state index contributed by atoms with van der Waals surface area (Å²) in [5.41, 5.74) is 4.75. The average molecular weight is 478 g/mol. The zero-order chi connectivity index (χ0) is 23.7. The number of hydrogen-bond acceptors (Lipinski definition) is 7. The topological polar surface area (TPSA) is 113 Å². The molecule has 0 saturated heterocycles. The molecule has 0 aliphatic heterocycles. The Balaban J connectivity index is 1.43. The average Bonchev–Trinajstić information content (AvgIpc) is 3.20. The lowest BCUT2D eigenvalue weighted by Gasteiger charge is -2.22. The molecule has 0 fully saturated rings. The van der Waals surface area contributed by atoms with E-state index in [2.05, 4.69) is 31.8 Å². The lowest BCUT2D eigenvalue weighted by atomic mass is 9.86. The molecule has 1 aromatic carbocycles. The number of aryl methyl sites for hydroxylation is 2. The van der Waals surface area contributed by atoms with Gasteiger partial charge in [0.05, 0.1) is 5.39 Å². The van der Waals surface area contributed by atoms with E-state index in [1.807, 2.05) is 25.1 Å². The number of fused-ring (bicyclic) bond motifs is 4. The number of anilines is 2. The number of aromatic amines is 1. The zero-order valence-electron chi connectivity index (χ0n) is 19.2. The van der Waals surface area contributed by atoms with Crippen LogP contribution >= 0.6 is 11.8 Å². The summed E-state index contributed by atoms with van der Waals surface area (Å²) in [6.07, 6.45) is 6.84. The first-order valence-electron chi connectivity index (χ1n) is 11.5. The molecule has 8 nitrogen and oxygen atoms in total. The van der Waals surface area contributed by atoms with Crippen LogP contribution in [-0.2, 0) is 17.6 Å². The number of carbonyl (C=O) groups excluding carboxylic acids is 1. The van der Waals surface area contributed by atoms with Gasteiger partial charge in [0.25, 0.3) is 0 Å². The summed E-state index contributed by atoms with van der Waals surface area (Å²) in [6.45, 7) is 2.60. The molecular formula is C25H27N5O3S. The molecule has 3 aromatic heterocycles. The van der Waals surface area contributed by atoms with Gasteiger partial charge in [-0.1, -0.05) is 0 Å². The number of rotatable bonds is 7. The number of amides is 1. The number of aromatic nitrogens is 3. The molecule has 0 bridgehead atoms. The predicted octanol–water partition coefficient (Wildman–Crippen LogP) is 4.09. The van der Waals surface area contributed by atoms with E-state index in [4.69, 9.17) is 4.42 Å². The van der Waals surface area contributed by atoms with Gasteiger partial charge < -0.3 is 20.0 Å². The van der Waals surface area contributed by atoms with Gasteiger partial charge in [0, 0.05) is 41.4 Å². The van der Waals surface area contributed by atoms with Gasteiger partial charge in [-0.3, -0.25) is 4.79 Å². The van der Waals surface area contributed by atoms with E-state index in [1.54, 1.807) is 11.8 Å². The lowest BCUT2D eigenvalue weighted by molar-refractivity contribution is -0.125. The van der Waals surface area contributed by atoms with Crippen molar-refractivity contribution in [3.05, 3.63) is 57.8 Å². The van der Waals surface area contributed by atoms with Gasteiger partial charge in [0.15, 0.2) is 0 Å². The minimum absolute atomic E-state index is 0.0632. The van der Waals surface area contributed by atoms with Crippen molar-refractivity contribution in [3.8, 4) is 0 Å². The summed E-state index contributed by atoms with van der Waals surface area (Å²) in [5, 5.41) is 8.26. The number of thioether (sulfide) groups is 1. The van der Waals surface area contributed by atoms with Crippen LogP contribution in [0.2, 0.25) is 0 Å². The Bertz CT molecular complexity index is 1430. The smallest absolute Gasteiger partial charge is 0.336 e. The first kappa shape index (κ1) is 22.5. The Kier molecular flexibility index (Phi) is 6.28. The van der Waals surface area contributed by atoms with Crippen LogP contribution in [0.3, 0.4) is 0 Å². The molecule has 0 spiro atoms. The highest BCUT2D eigenvalue weighted by Gasteiger charge is 2.29. The molecule has 0 saturated carbocycles. The molecule has 34 heavy (non-hydrogen) atoms. The molecule has 1 unspecified atom stereocenters. The fourth-order valence-electron chi connectivity index (χ4n) is 4.67. The largest absolute Gasteiger partial charge is 0.423 e. The molecule has 1 aliphatic rings. The zero-order valence-corrected chi connectivity index (χ0v) is 20.1. The molecule has 0 radical (unpaired) electrons. The predicted molar refractivity (Wildman–Crippen MR) is 136 cm³/mol. The van der Waals surface area contributed by atoms with Gasteiger partial charge in [-0.25, -0.2) is 14.8 Å². The maximum atomic E-state index is 12.8. The molecule has 1 amide bonds. The second-order valence-corrected chi connectivity index (χ2v) is 9.68. The first-order chi connectivity index (χ1) is 16.5. The van der Waals surface area contributed by atoms with Crippen molar-refractivity contribution in [2.45, 2.75) is 32.6 Å². The van der Waals surface area contributed by atoms with E-state index in [0.717, 1.165) is 63.9 Å². The van der Waals surface area contributed by atoms with Crippen LogP contribution in [0.1, 0.15) is 29.7 Å². The van der Waals surface area contributed by atoms with Crippen LogP contribution in [0.25, 0.3) is 22.0 Å². The van der Waals surface area contributed by atoms with Gasteiger partial charge in [-0.15, -0.1) is 0 Å². The maximum Gasteiger partial charge on any atom is 0.336 e. The van der Waals surface area contributed by atoms with Crippen molar-refractivity contribution in [2.75, 3.05) is 23.9 Å². The normalized spacial score (nSPS) is 15.4. The fraction of sp³-hybridized carbons (Fsp3) is 0.360. The Morgan fingerprint density at radius 2 is 2.18 bits per heavy atom. The van der Waals surface area contributed by atoms with Gasteiger partial charge >= 0.3 is 5.63 Å². The van der Waals surface area contributed by atoms with Gasteiger partial charge in [0.1, 0.15) is 23.4 Å². The van der Waals surface area contributed by atoms with Crippen LogP contribution in [0.15, 0.2) is 39.8 Å². The van der Waals surface area contributed by atoms with E-state index in [9.17, 15) is 9.59 Å². The third-order valence-corrected chi connectivity index (χ3v) is 7.08. The Hall–Kier alpha value is -3.33. The highest BCUT2D eigenvalue weighted by molar-refractivity contribution is 7.98. The summed E-state index contributed by atoms with van der Waals surface area (Å²) < 4.78 is 5.39. The summed E-state index contributed by atoms with van der Waals surface area (Å²) in [5.74, 6) is 1.76. The quantitative estimate of drug-likeness (QED) is 0.271. The summed E-state index contributed by atoms with van der Waals surface area (Å²) in [7, 11) is 0. The van der Waals surface area contributed by atoms with E-state index in [-0.39, 0.29) is 17.5 Å². The minimum atomic E-state index is -0.371. The summed E-state index contributed by atoms with van der Waals surface area (Å²) >= 11 is 1.79. The minimum Gasteiger partial charge on any atom is -0.423 e. The summed E-state index contributed by atoms with van der Waals surface area (Å²) in [4.78, 5) is 36.9. The van der Waals surface area contributed by atoms with Crippen molar-refractivity contribution < 1.29 is 9.21 Å². The van der Waals surface area contributed by atoms with Crippen LogP contribution < -0.4 is 16.3 Å². The van der Waals surface area contributed by atoms with Gasteiger partial charge in [-0.05, 0) is 67.9 Å². The highest BCUT2D eigenvalue weighted by Crippen LogP contribution is 2.35. The Labute approximate surface area is 200 Å². The van der Waals surface area contributed by atoms with Crippen molar-refractivity contribution in [2.24, 2.45) is 5.92 Å². The molecule has 3 N–H and O–H groups in total. The highest BCUT2D eigenvalue weighted by atomic mass is 32.2. The van der Waals surface area contributed by atoms with Crippen LogP contribution in [0.4, 0.5) is 11.5 Å². The van der Waals surface area contributed by atoms with Crippen molar-refractivity contribution in [1.29, 1.82) is 0 Å². The second kappa shape index (κ2) is 9.50. The van der Waals surface area contributed by atoms with Crippen LogP contribution in [0, 0.1) is 12.8 Å². The van der Waals surface area contributed by atoms with E-state index in [1.165, 1.54) is 12.4 Å². The van der Waals surface area contributed by atoms with Crippen LogP contribution in [-0.4, -0.2) is 39.4 Å². The van der Waals surface area contributed by atoms with Crippen molar-refractivity contribution in [1.82, 2.24) is 20.3 Å². The van der Waals surface area contributed by atoms with Gasteiger partial charge in [0.2, 0.25) is 5.91 Å². The first-order valence-corrected chi connectivity index (χ1v) is 12.9. The molecule has 1 atom stereocenters. The molecule has 5 rings (SSSR count). The number of benzene rings is 1. The second-order valence-electron chi connectivity index (χ2n) is 8.69.